The molecule has 1 amide bonds. The predicted octanol–water partition coefficient (Wildman–Crippen LogP) is 1.22. The van der Waals surface area contributed by atoms with Crippen LogP contribution in [0, 0.1) is 0 Å². The molecule has 0 unspecified atom stereocenters. The van der Waals surface area contributed by atoms with Gasteiger partial charge in [-0.1, -0.05) is 12.1 Å². The first-order valence-corrected chi connectivity index (χ1v) is 5.73. The second-order valence-corrected chi connectivity index (χ2v) is 3.85. The Bertz CT molecular complexity index is 417. The van der Waals surface area contributed by atoms with E-state index >= 15 is 0 Å². The van der Waals surface area contributed by atoms with Crippen LogP contribution in [0.1, 0.15) is 18.4 Å². The minimum absolute atomic E-state index is 0.0507. The van der Waals surface area contributed by atoms with Crippen molar-refractivity contribution >= 4 is 11.9 Å². The summed E-state index contributed by atoms with van der Waals surface area (Å²) in [5.74, 6) is -0.291. The summed E-state index contributed by atoms with van der Waals surface area (Å²) in [6.07, 6.45) is 0.897. The van der Waals surface area contributed by atoms with Crippen LogP contribution in [-0.4, -0.2) is 30.6 Å². The van der Waals surface area contributed by atoms with E-state index in [4.69, 9.17) is 9.84 Å². The Kier molecular flexibility index (Phi) is 5.70. The molecule has 0 aromatic heterocycles. The summed E-state index contributed by atoms with van der Waals surface area (Å²) in [7, 11) is 1.59. The summed E-state index contributed by atoms with van der Waals surface area (Å²) < 4.78 is 5.09. The van der Waals surface area contributed by atoms with E-state index in [1.54, 1.807) is 7.11 Å². The lowest BCUT2D eigenvalue weighted by atomic mass is 10.1. The second-order valence-electron chi connectivity index (χ2n) is 3.85. The van der Waals surface area contributed by atoms with Gasteiger partial charge in [0.15, 0.2) is 0 Å². The predicted molar refractivity (Wildman–Crippen MR) is 66.6 cm³/mol. The fraction of sp³-hybridized carbons (Fsp3) is 0.385. The molecule has 18 heavy (non-hydrogen) atoms. The number of ether oxygens (including phenoxy) is 1. The number of aryl methyl sites for hydroxylation is 1. The summed E-state index contributed by atoms with van der Waals surface area (Å²) in [6, 6.07) is 7.52. The van der Waals surface area contributed by atoms with Crippen LogP contribution in [0.5, 0.6) is 5.75 Å². The number of nitrogens with one attached hydrogen (secondary N) is 1. The molecule has 0 heterocycles. The van der Waals surface area contributed by atoms with E-state index in [1.165, 1.54) is 0 Å². The quantitative estimate of drug-likeness (QED) is 0.764. The standard InChI is InChI=1S/C13H17NO4/c1-18-11-4-2-3-10(9-11)5-6-12(15)14-8-7-13(16)17/h2-4,9H,5-8H2,1H3,(H,14,15)(H,16,17). The number of methoxy groups -OCH3 is 1. The van der Waals surface area contributed by atoms with Crippen molar-refractivity contribution in [3.05, 3.63) is 29.8 Å². The maximum absolute atomic E-state index is 11.4. The number of aliphatic carboxylic acids is 1. The number of rotatable bonds is 7. The number of carboxylic acid groups (broad SMARTS) is 1. The van der Waals surface area contributed by atoms with Crippen molar-refractivity contribution < 1.29 is 19.4 Å². The van der Waals surface area contributed by atoms with Crippen molar-refractivity contribution in [3.8, 4) is 5.75 Å². The molecule has 1 aromatic rings. The smallest absolute Gasteiger partial charge is 0.305 e. The van der Waals surface area contributed by atoms with E-state index in [0.29, 0.717) is 12.8 Å². The monoisotopic (exact) mass is 251 g/mol. The Labute approximate surface area is 106 Å². The van der Waals surface area contributed by atoms with Crippen molar-refractivity contribution in [2.75, 3.05) is 13.7 Å². The van der Waals surface area contributed by atoms with Crippen molar-refractivity contribution in [3.63, 3.8) is 0 Å². The van der Waals surface area contributed by atoms with Gasteiger partial charge in [-0.3, -0.25) is 9.59 Å². The lowest BCUT2D eigenvalue weighted by Crippen LogP contribution is -2.26. The maximum atomic E-state index is 11.4. The van der Waals surface area contributed by atoms with Crippen molar-refractivity contribution in [2.45, 2.75) is 19.3 Å². The maximum Gasteiger partial charge on any atom is 0.305 e. The minimum atomic E-state index is -0.914. The molecular weight excluding hydrogens is 234 g/mol. The molecule has 0 aliphatic rings. The van der Waals surface area contributed by atoms with Gasteiger partial charge in [0.1, 0.15) is 5.75 Å². The van der Waals surface area contributed by atoms with Crippen LogP contribution in [0.2, 0.25) is 0 Å². The van der Waals surface area contributed by atoms with Crippen LogP contribution in [0.4, 0.5) is 0 Å². The highest BCUT2D eigenvalue weighted by molar-refractivity contribution is 5.77. The molecular formula is C13H17NO4. The second kappa shape index (κ2) is 7.32. The molecule has 98 valence electrons. The Balaban J connectivity index is 2.31. The molecule has 1 aromatic carbocycles. The van der Waals surface area contributed by atoms with E-state index in [9.17, 15) is 9.59 Å². The van der Waals surface area contributed by atoms with E-state index in [0.717, 1.165) is 11.3 Å². The fourth-order valence-electron chi connectivity index (χ4n) is 1.48. The molecule has 0 atom stereocenters. The first-order chi connectivity index (χ1) is 8.61. The zero-order chi connectivity index (χ0) is 13.4. The fourth-order valence-corrected chi connectivity index (χ4v) is 1.48. The minimum Gasteiger partial charge on any atom is -0.497 e. The number of hydrogen-bond acceptors (Lipinski definition) is 3. The summed E-state index contributed by atoms with van der Waals surface area (Å²) in [5.41, 5.74) is 1.02. The van der Waals surface area contributed by atoms with Gasteiger partial charge < -0.3 is 15.2 Å². The van der Waals surface area contributed by atoms with Gasteiger partial charge in [-0.15, -0.1) is 0 Å². The summed E-state index contributed by atoms with van der Waals surface area (Å²) in [5, 5.41) is 11.0. The van der Waals surface area contributed by atoms with Gasteiger partial charge in [0.2, 0.25) is 5.91 Å². The van der Waals surface area contributed by atoms with Crippen LogP contribution < -0.4 is 10.1 Å². The number of carboxylic acids is 1. The molecule has 0 radical (unpaired) electrons. The average Bonchev–Trinajstić information content (AvgIpc) is 2.36. The van der Waals surface area contributed by atoms with E-state index < -0.39 is 5.97 Å². The zero-order valence-electron chi connectivity index (χ0n) is 10.3. The summed E-state index contributed by atoms with van der Waals surface area (Å²) in [4.78, 5) is 21.7. The van der Waals surface area contributed by atoms with E-state index in [1.807, 2.05) is 24.3 Å². The van der Waals surface area contributed by atoms with Gasteiger partial charge in [0.25, 0.3) is 0 Å². The van der Waals surface area contributed by atoms with Crippen LogP contribution >= 0.6 is 0 Å². The van der Waals surface area contributed by atoms with Crippen LogP contribution in [0.25, 0.3) is 0 Å². The lowest BCUT2D eigenvalue weighted by Gasteiger charge is -2.05. The van der Waals surface area contributed by atoms with Crippen molar-refractivity contribution in [1.82, 2.24) is 5.32 Å². The zero-order valence-corrected chi connectivity index (χ0v) is 10.3. The molecule has 1 rings (SSSR count). The topological polar surface area (TPSA) is 75.6 Å². The van der Waals surface area contributed by atoms with E-state index in [2.05, 4.69) is 5.32 Å². The van der Waals surface area contributed by atoms with Crippen molar-refractivity contribution in [2.24, 2.45) is 0 Å². The largest absolute Gasteiger partial charge is 0.497 e. The Morgan fingerprint density at radius 2 is 2.11 bits per heavy atom. The molecule has 0 aliphatic carbocycles. The number of amides is 1. The van der Waals surface area contributed by atoms with Gasteiger partial charge >= 0.3 is 5.97 Å². The van der Waals surface area contributed by atoms with Gasteiger partial charge in [-0.2, -0.15) is 0 Å². The first-order valence-electron chi connectivity index (χ1n) is 5.73. The number of hydrogen-bond donors (Lipinski definition) is 2. The molecule has 0 aliphatic heterocycles. The average molecular weight is 251 g/mol. The summed E-state index contributed by atoms with van der Waals surface area (Å²) in [6.45, 7) is 0.173. The third kappa shape index (κ3) is 5.34. The molecule has 0 saturated heterocycles. The van der Waals surface area contributed by atoms with Gasteiger partial charge in [-0.25, -0.2) is 0 Å². The normalized spacial score (nSPS) is 9.83. The van der Waals surface area contributed by atoms with Crippen molar-refractivity contribution in [1.29, 1.82) is 0 Å². The first kappa shape index (κ1) is 14.0. The molecule has 5 heteroatoms. The molecule has 0 fully saturated rings. The highest BCUT2D eigenvalue weighted by Crippen LogP contribution is 2.13. The Morgan fingerprint density at radius 1 is 1.33 bits per heavy atom. The molecule has 0 bridgehead atoms. The molecule has 2 N–H and O–H groups in total. The Hall–Kier alpha value is -2.04. The van der Waals surface area contributed by atoms with Crippen LogP contribution in [0.3, 0.4) is 0 Å². The van der Waals surface area contributed by atoms with Crippen LogP contribution in [-0.2, 0) is 16.0 Å². The molecule has 5 nitrogen and oxygen atoms in total. The summed E-state index contributed by atoms with van der Waals surface area (Å²) >= 11 is 0. The van der Waals surface area contributed by atoms with Gasteiger partial charge in [0, 0.05) is 13.0 Å². The third-order valence-corrected chi connectivity index (χ3v) is 2.44. The Morgan fingerprint density at radius 3 is 2.78 bits per heavy atom. The molecule has 0 spiro atoms. The number of carbonyl (C=O) groups excluding carboxylic acids is 1. The highest BCUT2D eigenvalue weighted by atomic mass is 16.5. The van der Waals surface area contributed by atoms with Gasteiger partial charge in [0.05, 0.1) is 13.5 Å². The lowest BCUT2D eigenvalue weighted by molar-refractivity contribution is -0.136. The number of benzene rings is 1. The van der Waals surface area contributed by atoms with Crippen LogP contribution in [0.15, 0.2) is 24.3 Å². The van der Waals surface area contributed by atoms with Gasteiger partial charge in [-0.05, 0) is 24.1 Å². The highest BCUT2D eigenvalue weighted by Gasteiger charge is 2.04. The van der Waals surface area contributed by atoms with E-state index in [-0.39, 0.29) is 18.9 Å². The molecule has 0 saturated carbocycles. The third-order valence-electron chi connectivity index (χ3n) is 2.44. The number of carbonyl (C=O) groups is 2. The SMILES string of the molecule is COc1cccc(CCC(=O)NCCC(=O)O)c1.